The molecule has 0 fully saturated rings. The highest BCUT2D eigenvalue weighted by atomic mass is 19.4. The summed E-state index contributed by atoms with van der Waals surface area (Å²) >= 11 is 0. The van der Waals surface area contributed by atoms with Crippen LogP contribution in [0.15, 0.2) is 48.5 Å². The van der Waals surface area contributed by atoms with E-state index < -0.39 is 23.3 Å². The average Bonchev–Trinajstić information content (AvgIpc) is 2.56. The Bertz CT molecular complexity index is 723. The molecule has 25 heavy (non-hydrogen) atoms. The highest BCUT2D eigenvalue weighted by molar-refractivity contribution is 5.75. The SMILES string of the molecule is CCC(C)(Oc1ccc(Oc2ccc(C(F)(F)F)cc2)cc1)C(=O)[O-]. The second kappa shape index (κ2) is 7.04. The Labute approximate surface area is 142 Å². The zero-order valence-electron chi connectivity index (χ0n) is 13.6. The first-order chi connectivity index (χ1) is 11.6. The Morgan fingerprint density at radius 1 is 0.960 bits per heavy atom. The fourth-order valence-corrected chi connectivity index (χ4v) is 1.94. The Morgan fingerprint density at radius 3 is 1.80 bits per heavy atom. The van der Waals surface area contributed by atoms with Crippen LogP contribution in [0.1, 0.15) is 25.8 Å². The van der Waals surface area contributed by atoms with Gasteiger partial charge in [-0.1, -0.05) is 6.92 Å². The number of carbonyl (C=O) groups is 1. The van der Waals surface area contributed by atoms with Crippen molar-refractivity contribution < 1.29 is 32.5 Å². The van der Waals surface area contributed by atoms with Crippen LogP contribution in [-0.2, 0) is 11.0 Å². The zero-order valence-corrected chi connectivity index (χ0v) is 13.6. The molecule has 2 aromatic rings. The zero-order chi connectivity index (χ0) is 18.7. The van der Waals surface area contributed by atoms with E-state index in [4.69, 9.17) is 9.47 Å². The van der Waals surface area contributed by atoms with Crippen LogP contribution < -0.4 is 14.6 Å². The third-order valence-corrected chi connectivity index (χ3v) is 3.69. The van der Waals surface area contributed by atoms with Gasteiger partial charge < -0.3 is 19.4 Å². The molecule has 1 atom stereocenters. The summed E-state index contributed by atoms with van der Waals surface area (Å²) in [5.41, 5.74) is -2.21. The topological polar surface area (TPSA) is 58.6 Å². The van der Waals surface area contributed by atoms with E-state index in [1.165, 1.54) is 43.3 Å². The second-order valence-electron chi connectivity index (χ2n) is 5.57. The van der Waals surface area contributed by atoms with Gasteiger partial charge in [0.15, 0.2) is 0 Å². The van der Waals surface area contributed by atoms with Crippen molar-refractivity contribution in [3.05, 3.63) is 54.1 Å². The van der Waals surface area contributed by atoms with E-state index in [9.17, 15) is 23.1 Å². The predicted octanol–water partition coefficient (Wildman–Crippen LogP) is 3.80. The minimum Gasteiger partial charge on any atom is -0.546 e. The van der Waals surface area contributed by atoms with Gasteiger partial charge in [0.25, 0.3) is 0 Å². The lowest BCUT2D eigenvalue weighted by molar-refractivity contribution is -0.321. The van der Waals surface area contributed by atoms with E-state index in [-0.39, 0.29) is 12.2 Å². The number of hydrogen-bond acceptors (Lipinski definition) is 4. The van der Waals surface area contributed by atoms with Crippen molar-refractivity contribution >= 4 is 5.97 Å². The number of rotatable bonds is 6. The lowest BCUT2D eigenvalue weighted by Gasteiger charge is -2.30. The first kappa shape index (κ1) is 18.6. The molecule has 0 spiro atoms. The standard InChI is InChI=1S/C18H17F3O4/c1-3-17(2,16(22)23)25-15-10-8-14(9-11-15)24-13-6-4-12(5-7-13)18(19,20)21/h4-11H,3H2,1-2H3,(H,22,23)/p-1. The van der Waals surface area contributed by atoms with Crippen molar-refractivity contribution in [3.8, 4) is 17.2 Å². The summed E-state index contributed by atoms with van der Waals surface area (Å²) in [5.74, 6) is -0.387. The molecule has 0 N–H and O–H groups in total. The Balaban J connectivity index is 2.07. The molecule has 0 aromatic heterocycles. The van der Waals surface area contributed by atoms with E-state index in [1.807, 2.05) is 0 Å². The van der Waals surface area contributed by atoms with Crippen LogP contribution in [0, 0.1) is 0 Å². The van der Waals surface area contributed by atoms with Crippen LogP contribution >= 0.6 is 0 Å². The van der Waals surface area contributed by atoms with Gasteiger partial charge in [-0.2, -0.15) is 13.2 Å². The summed E-state index contributed by atoms with van der Waals surface area (Å²) in [7, 11) is 0. The first-order valence-electron chi connectivity index (χ1n) is 7.50. The van der Waals surface area contributed by atoms with Crippen molar-refractivity contribution in [2.24, 2.45) is 0 Å². The first-order valence-corrected chi connectivity index (χ1v) is 7.50. The fraction of sp³-hybridized carbons (Fsp3) is 0.278. The number of halogens is 3. The predicted molar refractivity (Wildman–Crippen MR) is 82.3 cm³/mol. The molecule has 0 radical (unpaired) electrons. The van der Waals surface area contributed by atoms with Gasteiger partial charge in [0.05, 0.1) is 11.5 Å². The summed E-state index contributed by atoms with van der Waals surface area (Å²) in [6, 6.07) is 10.4. The number of carboxylic acid groups (broad SMARTS) is 1. The molecule has 0 saturated carbocycles. The van der Waals surface area contributed by atoms with Gasteiger partial charge in [-0.05, 0) is 61.9 Å². The van der Waals surface area contributed by atoms with Crippen molar-refractivity contribution in [1.82, 2.24) is 0 Å². The van der Waals surface area contributed by atoms with Crippen LogP contribution in [0.4, 0.5) is 13.2 Å². The van der Waals surface area contributed by atoms with Gasteiger partial charge in [0.1, 0.15) is 22.8 Å². The van der Waals surface area contributed by atoms with E-state index in [0.717, 1.165) is 12.1 Å². The number of hydrogen-bond donors (Lipinski definition) is 0. The molecule has 2 aromatic carbocycles. The number of aliphatic carboxylic acids is 1. The quantitative estimate of drug-likeness (QED) is 0.793. The number of alkyl halides is 3. The summed E-state index contributed by atoms with van der Waals surface area (Å²) in [4.78, 5) is 11.1. The molecule has 0 saturated heterocycles. The van der Waals surface area contributed by atoms with Crippen LogP contribution in [-0.4, -0.2) is 11.6 Å². The summed E-state index contributed by atoms with van der Waals surface area (Å²) in [5, 5.41) is 11.1. The molecule has 134 valence electrons. The smallest absolute Gasteiger partial charge is 0.416 e. The molecular formula is C18H16F3O4-. The maximum atomic E-state index is 12.5. The molecule has 0 aliphatic heterocycles. The minimum absolute atomic E-state index is 0.221. The lowest BCUT2D eigenvalue weighted by Crippen LogP contribution is -2.49. The van der Waals surface area contributed by atoms with Crippen molar-refractivity contribution in [2.75, 3.05) is 0 Å². The summed E-state index contributed by atoms with van der Waals surface area (Å²) < 4.78 is 48.4. The molecule has 7 heteroatoms. The minimum atomic E-state index is -4.40. The van der Waals surface area contributed by atoms with E-state index in [0.29, 0.717) is 11.5 Å². The van der Waals surface area contributed by atoms with E-state index in [2.05, 4.69) is 0 Å². The molecular weight excluding hydrogens is 337 g/mol. The van der Waals surface area contributed by atoms with Gasteiger partial charge in [0, 0.05) is 0 Å². The van der Waals surface area contributed by atoms with Crippen LogP contribution in [0.5, 0.6) is 17.2 Å². The molecule has 2 rings (SSSR count). The van der Waals surface area contributed by atoms with Crippen LogP contribution in [0.25, 0.3) is 0 Å². The molecule has 0 bridgehead atoms. The molecule has 4 nitrogen and oxygen atoms in total. The van der Waals surface area contributed by atoms with Gasteiger partial charge in [-0.15, -0.1) is 0 Å². The maximum Gasteiger partial charge on any atom is 0.416 e. The van der Waals surface area contributed by atoms with Gasteiger partial charge in [0.2, 0.25) is 0 Å². The van der Waals surface area contributed by atoms with Crippen LogP contribution in [0.3, 0.4) is 0 Å². The molecule has 0 amide bonds. The molecule has 1 unspecified atom stereocenters. The third kappa shape index (κ3) is 4.65. The number of benzene rings is 2. The number of ether oxygens (including phenoxy) is 2. The average molecular weight is 353 g/mol. The van der Waals surface area contributed by atoms with Crippen molar-refractivity contribution in [1.29, 1.82) is 0 Å². The van der Waals surface area contributed by atoms with Gasteiger partial charge in [-0.25, -0.2) is 0 Å². The molecule has 0 aliphatic rings. The van der Waals surface area contributed by atoms with Gasteiger partial charge in [-0.3, -0.25) is 0 Å². The highest BCUT2D eigenvalue weighted by Gasteiger charge is 2.30. The Hall–Kier alpha value is -2.70. The maximum absolute atomic E-state index is 12.5. The van der Waals surface area contributed by atoms with Crippen molar-refractivity contribution in [3.63, 3.8) is 0 Å². The Kier molecular flexibility index (Phi) is 5.25. The highest BCUT2D eigenvalue weighted by Crippen LogP contribution is 2.32. The van der Waals surface area contributed by atoms with E-state index in [1.54, 1.807) is 6.92 Å². The number of carbonyl (C=O) groups excluding carboxylic acids is 1. The summed E-state index contributed by atoms with van der Waals surface area (Å²) in [6.07, 6.45) is -4.18. The number of carboxylic acids is 1. The molecule has 0 heterocycles. The third-order valence-electron chi connectivity index (χ3n) is 3.69. The monoisotopic (exact) mass is 353 g/mol. The lowest BCUT2D eigenvalue weighted by atomic mass is 10.0. The largest absolute Gasteiger partial charge is 0.546 e. The van der Waals surface area contributed by atoms with Crippen molar-refractivity contribution in [2.45, 2.75) is 32.0 Å². The van der Waals surface area contributed by atoms with E-state index >= 15 is 0 Å². The normalized spacial score (nSPS) is 13.8. The fourth-order valence-electron chi connectivity index (χ4n) is 1.94. The van der Waals surface area contributed by atoms with Crippen LogP contribution in [0.2, 0.25) is 0 Å². The second-order valence-corrected chi connectivity index (χ2v) is 5.57. The van der Waals surface area contributed by atoms with Gasteiger partial charge >= 0.3 is 6.18 Å². The summed E-state index contributed by atoms with van der Waals surface area (Å²) in [6.45, 7) is 3.08. The Morgan fingerprint density at radius 2 is 1.40 bits per heavy atom. The molecule has 0 aliphatic carbocycles.